The second-order valence-corrected chi connectivity index (χ2v) is 16.1. The molecule has 232 valence electrons. The highest BCUT2D eigenvalue weighted by molar-refractivity contribution is 7.25. The first-order valence-electron chi connectivity index (χ1n) is 17.9. The normalized spacial score (nSPS) is 24.8. The van der Waals surface area contributed by atoms with E-state index in [0.29, 0.717) is 0 Å². The van der Waals surface area contributed by atoms with Crippen LogP contribution in [0.4, 0.5) is 17.1 Å². The summed E-state index contributed by atoms with van der Waals surface area (Å²) < 4.78 is 2.69. The van der Waals surface area contributed by atoms with Crippen LogP contribution < -0.4 is 4.90 Å². The summed E-state index contributed by atoms with van der Waals surface area (Å²) in [4.78, 5) is 2.52. The summed E-state index contributed by atoms with van der Waals surface area (Å²) in [6.07, 6.45) is 7.08. The third kappa shape index (κ3) is 3.78. The van der Waals surface area contributed by atoms with E-state index in [-0.39, 0.29) is 5.41 Å². The Kier molecular flexibility index (Phi) is 5.79. The largest absolute Gasteiger partial charge is 0.310 e. The fraction of sp³-hybridized carbons (Fsp3) is 0.217. The fourth-order valence-corrected chi connectivity index (χ4v) is 12.1. The summed E-state index contributed by atoms with van der Waals surface area (Å²) in [5.74, 6) is 3.37. The van der Waals surface area contributed by atoms with Crippen molar-refractivity contribution in [3.8, 4) is 22.3 Å². The minimum Gasteiger partial charge on any atom is -0.310 e. The average molecular weight is 636 g/mol. The molecule has 0 saturated heterocycles. The van der Waals surface area contributed by atoms with Gasteiger partial charge in [-0.25, -0.2) is 0 Å². The van der Waals surface area contributed by atoms with Crippen LogP contribution in [0.3, 0.4) is 0 Å². The van der Waals surface area contributed by atoms with Gasteiger partial charge >= 0.3 is 0 Å². The fourth-order valence-electron chi connectivity index (χ4n) is 11.0. The third-order valence-corrected chi connectivity index (χ3v) is 13.8. The average Bonchev–Trinajstić information content (AvgIpc) is 3.64. The van der Waals surface area contributed by atoms with Gasteiger partial charge in [0.15, 0.2) is 0 Å². The van der Waals surface area contributed by atoms with Crippen molar-refractivity contribution in [2.24, 2.45) is 23.7 Å². The van der Waals surface area contributed by atoms with Gasteiger partial charge < -0.3 is 4.90 Å². The van der Waals surface area contributed by atoms with Crippen molar-refractivity contribution < 1.29 is 0 Å². The Balaban J connectivity index is 1.12. The molecule has 0 radical (unpaired) electrons. The highest BCUT2D eigenvalue weighted by atomic mass is 32.1. The molecule has 1 nitrogen and oxygen atoms in total. The van der Waals surface area contributed by atoms with Crippen LogP contribution in [0, 0.1) is 23.7 Å². The van der Waals surface area contributed by atoms with E-state index < -0.39 is 0 Å². The summed E-state index contributed by atoms with van der Waals surface area (Å²) in [6, 6.07) is 52.9. The summed E-state index contributed by atoms with van der Waals surface area (Å²) in [6.45, 7) is 0. The lowest BCUT2D eigenvalue weighted by molar-refractivity contribution is -0.0399. The van der Waals surface area contributed by atoms with Crippen molar-refractivity contribution >= 4 is 48.6 Å². The molecule has 4 saturated carbocycles. The van der Waals surface area contributed by atoms with Gasteiger partial charge in [0.1, 0.15) is 0 Å². The van der Waals surface area contributed by atoms with Crippen LogP contribution in [0.5, 0.6) is 0 Å². The molecule has 0 aliphatic heterocycles. The quantitative estimate of drug-likeness (QED) is 0.186. The lowest BCUT2D eigenvalue weighted by Crippen LogP contribution is -2.55. The van der Waals surface area contributed by atoms with E-state index in [4.69, 9.17) is 0 Å². The van der Waals surface area contributed by atoms with E-state index in [0.717, 1.165) is 23.7 Å². The number of fused-ring (bicyclic) bond motifs is 6. The zero-order valence-electron chi connectivity index (χ0n) is 27.0. The Morgan fingerprint density at radius 2 is 1.06 bits per heavy atom. The number of nitrogens with zero attached hydrogens (tertiary/aromatic N) is 1. The van der Waals surface area contributed by atoms with Gasteiger partial charge in [0.05, 0.1) is 0 Å². The molecule has 5 aliphatic rings. The lowest BCUT2D eigenvalue weighted by atomic mass is 9.43. The van der Waals surface area contributed by atoms with Gasteiger partial charge in [-0.1, -0.05) is 91.0 Å². The number of hydrogen-bond donors (Lipinski definition) is 0. The Hall–Kier alpha value is -4.66. The first-order chi connectivity index (χ1) is 23.7. The third-order valence-electron chi connectivity index (χ3n) is 12.6. The number of anilines is 3. The van der Waals surface area contributed by atoms with Gasteiger partial charge in [-0.05, 0) is 138 Å². The van der Waals surface area contributed by atoms with Gasteiger partial charge in [0.2, 0.25) is 0 Å². The van der Waals surface area contributed by atoms with Gasteiger partial charge in [0, 0.05) is 42.6 Å². The smallest absolute Gasteiger partial charge is 0.0468 e. The maximum atomic E-state index is 2.62. The van der Waals surface area contributed by atoms with E-state index >= 15 is 0 Å². The van der Waals surface area contributed by atoms with Gasteiger partial charge in [-0.2, -0.15) is 0 Å². The highest BCUT2D eigenvalue weighted by Gasteiger charge is 2.61. The van der Waals surface area contributed by atoms with E-state index in [1.165, 1.54) is 91.6 Å². The maximum absolute atomic E-state index is 2.62. The Bertz CT molecular complexity index is 2340. The topological polar surface area (TPSA) is 3.24 Å². The number of thiophene rings is 1. The number of benzene rings is 6. The monoisotopic (exact) mass is 635 g/mol. The van der Waals surface area contributed by atoms with Gasteiger partial charge in [-0.15, -0.1) is 11.3 Å². The zero-order chi connectivity index (χ0) is 31.4. The van der Waals surface area contributed by atoms with Crippen LogP contribution >= 0.6 is 11.3 Å². The molecular weight excluding hydrogens is 599 g/mol. The molecule has 48 heavy (non-hydrogen) atoms. The summed E-state index contributed by atoms with van der Waals surface area (Å²) in [5.41, 5.74) is 12.5. The van der Waals surface area contributed by atoms with Gasteiger partial charge in [0.25, 0.3) is 0 Å². The minimum atomic E-state index is 0.145. The van der Waals surface area contributed by atoms with E-state index in [1.54, 1.807) is 11.1 Å². The molecule has 4 bridgehead atoms. The SMILES string of the molecule is c1ccc(-c2ccc(N(c3ccc4c(c3)C3(c5ccccc5-4)C4CC5CC(C4)CC3C5)c3ccc4sc5ccccc5c4c3)cc2)cc1. The van der Waals surface area contributed by atoms with Crippen LogP contribution in [0.1, 0.15) is 43.2 Å². The Labute approximate surface area is 286 Å². The van der Waals surface area contributed by atoms with E-state index in [1.807, 2.05) is 11.3 Å². The van der Waals surface area contributed by atoms with Crippen molar-refractivity contribution in [3.63, 3.8) is 0 Å². The molecule has 7 aromatic rings. The minimum absolute atomic E-state index is 0.145. The van der Waals surface area contributed by atoms with Crippen molar-refractivity contribution in [2.45, 2.75) is 37.5 Å². The molecule has 1 spiro atoms. The first-order valence-corrected chi connectivity index (χ1v) is 18.7. The summed E-state index contributed by atoms with van der Waals surface area (Å²) in [7, 11) is 0. The van der Waals surface area contributed by atoms with Crippen molar-refractivity contribution in [1.29, 1.82) is 0 Å². The Morgan fingerprint density at radius 3 is 1.88 bits per heavy atom. The standard InChI is InChI=1S/C46H37NS/c1-2-8-31(9-3-1)32-14-16-35(17-15-32)47(36-19-21-45-41(27-36)40-11-5-7-13-44(40)48-45)37-18-20-39-38-10-4-6-12-42(38)46(43(39)28-37)33-23-29-22-30(25-33)26-34(46)24-29/h1-21,27-30,33-34H,22-26H2. The highest BCUT2D eigenvalue weighted by Crippen LogP contribution is 2.69. The molecule has 1 heterocycles. The first kappa shape index (κ1) is 27.3. The predicted molar refractivity (Wildman–Crippen MR) is 203 cm³/mol. The predicted octanol–water partition coefficient (Wildman–Crippen LogP) is 12.9. The number of hydrogen-bond acceptors (Lipinski definition) is 2. The molecule has 6 aromatic carbocycles. The van der Waals surface area contributed by atoms with Crippen LogP contribution in [0.15, 0.2) is 140 Å². The second-order valence-electron chi connectivity index (χ2n) is 15.0. The number of rotatable bonds is 4. The second kappa shape index (κ2) is 10.2. The van der Waals surface area contributed by atoms with E-state index in [2.05, 4.69) is 144 Å². The molecule has 0 N–H and O–H groups in total. The molecule has 1 aromatic heterocycles. The van der Waals surface area contributed by atoms with Crippen LogP contribution in [-0.2, 0) is 5.41 Å². The van der Waals surface area contributed by atoms with E-state index in [9.17, 15) is 0 Å². The van der Waals surface area contributed by atoms with Crippen LogP contribution in [-0.4, -0.2) is 0 Å². The van der Waals surface area contributed by atoms with Crippen LogP contribution in [0.25, 0.3) is 42.4 Å². The molecule has 5 aliphatic carbocycles. The summed E-state index contributed by atoms with van der Waals surface area (Å²) >= 11 is 1.89. The molecule has 0 amide bonds. The Morgan fingerprint density at radius 1 is 0.458 bits per heavy atom. The molecule has 0 unspecified atom stereocenters. The molecule has 2 heteroatoms. The molecule has 4 fully saturated rings. The van der Waals surface area contributed by atoms with Crippen molar-refractivity contribution in [2.75, 3.05) is 4.90 Å². The molecule has 12 rings (SSSR count). The molecular formula is C46H37NS. The summed E-state index contributed by atoms with van der Waals surface area (Å²) in [5, 5.41) is 2.68. The maximum Gasteiger partial charge on any atom is 0.0468 e. The zero-order valence-corrected chi connectivity index (χ0v) is 27.8. The van der Waals surface area contributed by atoms with Crippen LogP contribution in [0.2, 0.25) is 0 Å². The van der Waals surface area contributed by atoms with Crippen molar-refractivity contribution in [1.82, 2.24) is 0 Å². The van der Waals surface area contributed by atoms with Gasteiger partial charge in [-0.3, -0.25) is 0 Å². The van der Waals surface area contributed by atoms with Crippen molar-refractivity contribution in [3.05, 3.63) is 151 Å². The molecule has 0 atom stereocenters. The lowest BCUT2D eigenvalue weighted by Gasteiger charge is -2.61.